The molecule has 1 aliphatic carbocycles. The Morgan fingerprint density at radius 2 is 2.05 bits per heavy atom. The molecule has 0 spiro atoms. The zero-order valence-electron chi connectivity index (χ0n) is 11.0. The molecular formula is C14H20N2O3. The van der Waals surface area contributed by atoms with Gasteiger partial charge in [0.05, 0.1) is 11.5 Å². The normalized spacial score (nSPS) is 16.4. The highest BCUT2D eigenvalue weighted by atomic mass is 16.6. The van der Waals surface area contributed by atoms with Crippen LogP contribution in [0.1, 0.15) is 37.7 Å². The van der Waals surface area contributed by atoms with E-state index < -0.39 is 4.92 Å². The molecule has 19 heavy (non-hydrogen) atoms. The number of anilines is 1. The molecule has 0 aromatic heterocycles. The SMILES string of the molecule is Nc1c(COCC2CCCCC2)cccc1[N+](=O)[O-]. The van der Waals surface area contributed by atoms with E-state index in [0.29, 0.717) is 18.1 Å². The van der Waals surface area contributed by atoms with Crippen LogP contribution in [0.4, 0.5) is 11.4 Å². The number of hydrogen-bond donors (Lipinski definition) is 1. The first-order valence-corrected chi connectivity index (χ1v) is 6.78. The maximum atomic E-state index is 10.8. The molecule has 1 fully saturated rings. The van der Waals surface area contributed by atoms with E-state index in [1.54, 1.807) is 12.1 Å². The Morgan fingerprint density at radius 3 is 2.74 bits per heavy atom. The number of hydrogen-bond acceptors (Lipinski definition) is 4. The van der Waals surface area contributed by atoms with Gasteiger partial charge < -0.3 is 10.5 Å². The molecule has 0 unspecified atom stereocenters. The first-order chi connectivity index (χ1) is 9.18. The Balaban J connectivity index is 1.88. The second-order valence-corrected chi connectivity index (χ2v) is 5.13. The number of nitrogens with two attached hydrogens (primary N) is 1. The van der Waals surface area contributed by atoms with Gasteiger partial charge in [0, 0.05) is 18.2 Å². The van der Waals surface area contributed by atoms with Crippen molar-refractivity contribution in [2.45, 2.75) is 38.7 Å². The number of rotatable bonds is 5. The van der Waals surface area contributed by atoms with Gasteiger partial charge in [0.25, 0.3) is 5.69 Å². The third-order valence-corrected chi connectivity index (χ3v) is 3.71. The van der Waals surface area contributed by atoms with Crippen LogP contribution in [0.25, 0.3) is 0 Å². The number of nitrogens with zero attached hydrogens (tertiary/aromatic N) is 1. The largest absolute Gasteiger partial charge is 0.393 e. The molecule has 0 amide bonds. The topological polar surface area (TPSA) is 78.4 Å². The predicted molar refractivity (Wildman–Crippen MR) is 73.7 cm³/mol. The molecule has 5 nitrogen and oxygen atoms in total. The van der Waals surface area contributed by atoms with Gasteiger partial charge in [0.1, 0.15) is 5.69 Å². The summed E-state index contributed by atoms with van der Waals surface area (Å²) in [6.07, 6.45) is 6.35. The van der Waals surface area contributed by atoms with Crippen LogP contribution in [-0.4, -0.2) is 11.5 Å². The maximum absolute atomic E-state index is 10.8. The third kappa shape index (κ3) is 3.67. The first kappa shape index (κ1) is 13.8. The highest BCUT2D eigenvalue weighted by molar-refractivity contribution is 5.62. The van der Waals surface area contributed by atoms with E-state index in [9.17, 15) is 10.1 Å². The Hall–Kier alpha value is -1.62. The van der Waals surface area contributed by atoms with Gasteiger partial charge in [-0.2, -0.15) is 0 Å². The second kappa shape index (κ2) is 6.52. The van der Waals surface area contributed by atoms with Crippen LogP contribution >= 0.6 is 0 Å². The third-order valence-electron chi connectivity index (χ3n) is 3.71. The Kier molecular flexibility index (Phi) is 4.74. The van der Waals surface area contributed by atoms with Gasteiger partial charge in [-0.15, -0.1) is 0 Å². The van der Waals surface area contributed by atoms with E-state index in [-0.39, 0.29) is 11.4 Å². The molecule has 0 aliphatic heterocycles. The van der Waals surface area contributed by atoms with Crippen LogP contribution in [0.2, 0.25) is 0 Å². The number of benzene rings is 1. The van der Waals surface area contributed by atoms with Gasteiger partial charge >= 0.3 is 0 Å². The summed E-state index contributed by atoms with van der Waals surface area (Å²) in [6.45, 7) is 1.08. The molecule has 0 radical (unpaired) electrons. The fourth-order valence-electron chi connectivity index (χ4n) is 2.57. The van der Waals surface area contributed by atoms with Crippen molar-refractivity contribution in [3.63, 3.8) is 0 Å². The monoisotopic (exact) mass is 264 g/mol. The number of nitro groups is 1. The van der Waals surface area contributed by atoms with Crippen molar-refractivity contribution >= 4 is 11.4 Å². The molecule has 2 N–H and O–H groups in total. The molecule has 0 bridgehead atoms. The average Bonchev–Trinajstić information content (AvgIpc) is 2.41. The van der Waals surface area contributed by atoms with E-state index in [1.165, 1.54) is 38.2 Å². The van der Waals surface area contributed by atoms with Crippen LogP contribution in [0.3, 0.4) is 0 Å². The molecule has 1 aromatic carbocycles. The van der Waals surface area contributed by atoms with Gasteiger partial charge in [0.2, 0.25) is 0 Å². The van der Waals surface area contributed by atoms with Crippen molar-refractivity contribution in [3.8, 4) is 0 Å². The zero-order valence-corrected chi connectivity index (χ0v) is 11.0. The molecule has 1 aliphatic rings. The van der Waals surface area contributed by atoms with Crippen molar-refractivity contribution in [1.82, 2.24) is 0 Å². The number of nitrogen functional groups attached to an aromatic ring is 1. The minimum Gasteiger partial charge on any atom is -0.393 e. The number of ether oxygens (including phenoxy) is 1. The minimum atomic E-state index is -0.458. The summed E-state index contributed by atoms with van der Waals surface area (Å²) in [4.78, 5) is 10.3. The van der Waals surface area contributed by atoms with Gasteiger partial charge in [0.15, 0.2) is 0 Å². The maximum Gasteiger partial charge on any atom is 0.292 e. The highest BCUT2D eigenvalue weighted by Gasteiger charge is 2.16. The quantitative estimate of drug-likeness (QED) is 0.503. The molecule has 2 rings (SSSR count). The van der Waals surface area contributed by atoms with E-state index in [0.717, 1.165) is 6.61 Å². The van der Waals surface area contributed by atoms with E-state index in [4.69, 9.17) is 10.5 Å². The Morgan fingerprint density at radius 1 is 1.32 bits per heavy atom. The van der Waals surface area contributed by atoms with Gasteiger partial charge in [-0.3, -0.25) is 10.1 Å². The highest BCUT2D eigenvalue weighted by Crippen LogP contribution is 2.27. The predicted octanol–water partition coefficient (Wildman–Crippen LogP) is 3.27. The van der Waals surface area contributed by atoms with E-state index in [2.05, 4.69) is 0 Å². The van der Waals surface area contributed by atoms with Crippen molar-refractivity contribution < 1.29 is 9.66 Å². The van der Waals surface area contributed by atoms with Crippen LogP contribution < -0.4 is 5.73 Å². The lowest BCUT2D eigenvalue weighted by Gasteiger charge is -2.21. The smallest absolute Gasteiger partial charge is 0.292 e. The van der Waals surface area contributed by atoms with E-state index >= 15 is 0 Å². The van der Waals surface area contributed by atoms with Crippen molar-refractivity contribution in [2.24, 2.45) is 5.92 Å². The van der Waals surface area contributed by atoms with Crippen LogP contribution in [-0.2, 0) is 11.3 Å². The fourth-order valence-corrected chi connectivity index (χ4v) is 2.57. The summed E-state index contributed by atoms with van der Waals surface area (Å²) < 4.78 is 5.67. The fraction of sp³-hybridized carbons (Fsp3) is 0.571. The molecular weight excluding hydrogens is 244 g/mol. The van der Waals surface area contributed by atoms with E-state index in [1.807, 2.05) is 0 Å². The second-order valence-electron chi connectivity index (χ2n) is 5.13. The first-order valence-electron chi connectivity index (χ1n) is 6.78. The van der Waals surface area contributed by atoms with Crippen molar-refractivity contribution in [3.05, 3.63) is 33.9 Å². The molecule has 0 saturated heterocycles. The summed E-state index contributed by atoms with van der Waals surface area (Å²) in [5, 5.41) is 10.8. The zero-order chi connectivity index (χ0) is 13.7. The van der Waals surface area contributed by atoms with Crippen molar-refractivity contribution in [2.75, 3.05) is 12.3 Å². The number of para-hydroxylation sites is 1. The summed E-state index contributed by atoms with van der Waals surface area (Å²) >= 11 is 0. The van der Waals surface area contributed by atoms with Crippen LogP contribution in [0, 0.1) is 16.0 Å². The lowest BCUT2D eigenvalue weighted by Crippen LogP contribution is -2.13. The van der Waals surface area contributed by atoms with Crippen LogP contribution in [0.15, 0.2) is 18.2 Å². The standard InChI is InChI=1S/C14H20N2O3/c15-14-12(7-4-8-13(14)16(17)18)10-19-9-11-5-2-1-3-6-11/h4,7-8,11H,1-3,5-6,9-10,15H2. The molecule has 104 valence electrons. The molecule has 1 saturated carbocycles. The summed E-state index contributed by atoms with van der Waals surface area (Å²) in [7, 11) is 0. The van der Waals surface area contributed by atoms with Crippen LogP contribution in [0.5, 0.6) is 0 Å². The molecule has 0 atom stereocenters. The Bertz CT molecular complexity index is 442. The Labute approximate surface area is 112 Å². The molecule has 0 heterocycles. The molecule has 5 heteroatoms. The van der Waals surface area contributed by atoms with Gasteiger partial charge in [-0.05, 0) is 18.8 Å². The summed E-state index contributed by atoms with van der Waals surface area (Å²) in [6, 6.07) is 4.84. The number of nitro benzene ring substituents is 1. The summed E-state index contributed by atoms with van der Waals surface area (Å²) in [5.41, 5.74) is 6.66. The van der Waals surface area contributed by atoms with Crippen molar-refractivity contribution in [1.29, 1.82) is 0 Å². The molecule has 1 aromatic rings. The average molecular weight is 264 g/mol. The lowest BCUT2D eigenvalue weighted by molar-refractivity contribution is -0.384. The summed E-state index contributed by atoms with van der Waals surface area (Å²) in [5.74, 6) is 0.633. The lowest BCUT2D eigenvalue weighted by atomic mass is 9.90. The van der Waals surface area contributed by atoms with Gasteiger partial charge in [-0.1, -0.05) is 31.4 Å². The van der Waals surface area contributed by atoms with Gasteiger partial charge in [-0.25, -0.2) is 0 Å². The minimum absolute atomic E-state index is 0.0428.